The Morgan fingerprint density at radius 2 is 2.32 bits per heavy atom. The molecule has 3 heterocycles. The molecular formula is C16H21ClN4O. The van der Waals surface area contributed by atoms with Crippen LogP contribution < -0.4 is 5.32 Å². The van der Waals surface area contributed by atoms with Gasteiger partial charge < -0.3 is 10.1 Å². The van der Waals surface area contributed by atoms with E-state index in [2.05, 4.69) is 15.4 Å². The zero-order valence-corrected chi connectivity index (χ0v) is 13.7. The van der Waals surface area contributed by atoms with Crippen LogP contribution in [-0.4, -0.2) is 27.9 Å². The number of ether oxygens (including phenoxy) is 1. The van der Waals surface area contributed by atoms with E-state index in [0.29, 0.717) is 10.9 Å². The molecule has 0 aromatic carbocycles. The van der Waals surface area contributed by atoms with Gasteiger partial charge in [-0.2, -0.15) is 5.10 Å². The number of hydrogen-bond donors (Lipinski definition) is 1. The van der Waals surface area contributed by atoms with E-state index in [9.17, 15) is 0 Å². The molecule has 0 amide bonds. The first-order valence-electron chi connectivity index (χ1n) is 7.59. The number of rotatable bonds is 4. The van der Waals surface area contributed by atoms with Crippen LogP contribution in [0.2, 0.25) is 5.02 Å². The standard InChI is InChI=1S/C16H21ClN4O/c1-11-6-14(17)9-19-16(11)18-7-12-4-3-5-22-15(12)13-8-20-21(2)10-13/h6,8-10,12,15H,3-5,7H2,1-2H3,(H,18,19)/t12-,15+/m0/s1. The van der Waals surface area contributed by atoms with Crippen LogP contribution in [-0.2, 0) is 11.8 Å². The Labute approximate surface area is 135 Å². The number of nitrogens with zero attached hydrogens (tertiary/aromatic N) is 3. The third-order valence-electron chi connectivity index (χ3n) is 4.07. The predicted octanol–water partition coefficient (Wildman–Crippen LogP) is 3.36. The summed E-state index contributed by atoms with van der Waals surface area (Å²) in [5.74, 6) is 1.30. The minimum atomic E-state index is 0.0996. The first kappa shape index (κ1) is 15.3. The molecule has 0 unspecified atom stereocenters. The summed E-state index contributed by atoms with van der Waals surface area (Å²) in [5.41, 5.74) is 2.21. The Bertz CT molecular complexity index is 643. The molecule has 2 atom stereocenters. The van der Waals surface area contributed by atoms with E-state index in [0.717, 1.165) is 42.9 Å². The molecule has 0 aliphatic carbocycles. The van der Waals surface area contributed by atoms with Crippen LogP contribution in [0.5, 0.6) is 0 Å². The van der Waals surface area contributed by atoms with Crippen molar-refractivity contribution < 1.29 is 4.74 Å². The summed E-state index contributed by atoms with van der Waals surface area (Å²) < 4.78 is 7.81. The second-order valence-corrected chi connectivity index (χ2v) is 6.28. The van der Waals surface area contributed by atoms with Crippen LogP contribution in [0.3, 0.4) is 0 Å². The van der Waals surface area contributed by atoms with E-state index in [1.54, 1.807) is 6.20 Å². The molecule has 22 heavy (non-hydrogen) atoms. The maximum absolute atomic E-state index is 5.99. The Hall–Kier alpha value is -1.59. The fourth-order valence-corrected chi connectivity index (χ4v) is 3.17. The zero-order chi connectivity index (χ0) is 15.5. The molecule has 1 N–H and O–H groups in total. The van der Waals surface area contributed by atoms with Crippen molar-refractivity contribution in [2.45, 2.75) is 25.9 Å². The lowest BCUT2D eigenvalue weighted by atomic mass is 9.91. The minimum absolute atomic E-state index is 0.0996. The molecule has 2 aromatic rings. The third-order valence-corrected chi connectivity index (χ3v) is 4.28. The molecule has 118 valence electrons. The average Bonchev–Trinajstić information content (AvgIpc) is 2.93. The van der Waals surface area contributed by atoms with Crippen LogP contribution in [0.4, 0.5) is 5.82 Å². The van der Waals surface area contributed by atoms with Gasteiger partial charge in [0.05, 0.1) is 17.3 Å². The van der Waals surface area contributed by atoms with Crippen molar-refractivity contribution in [1.29, 1.82) is 0 Å². The van der Waals surface area contributed by atoms with Gasteiger partial charge in [0.25, 0.3) is 0 Å². The largest absolute Gasteiger partial charge is 0.373 e. The molecule has 0 spiro atoms. The highest BCUT2D eigenvalue weighted by molar-refractivity contribution is 6.30. The number of nitrogens with one attached hydrogen (secondary N) is 1. The normalized spacial score (nSPS) is 21.8. The SMILES string of the molecule is Cc1cc(Cl)cnc1NC[C@@H]1CCCO[C@H]1c1cnn(C)c1. The molecule has 0 bridgehead atoms. The van der Waals surface area contributed by atoms with E-state index in [-0.39, 0.29) is 6.10 Å². The Morgan fingerprint density at radius 1 is 1.45 bits per heavy atom. The maximum atomic E-state index is 5.99. The van der Waals surface area contributed by atoms with Crippen molar-refractivity contribution in [3.05, 3.63) is 40.8 Å². The molecule has 1 saturated heterocycles. The van der Waals surface area contributed by atoms with E-state index in [1.165, 1.54) is 0 Å². The van der Waals surface area contributed by atoms with Crippen LogP contribution in [0.25, 0.3) is 0 Å². The average molecular weight is 321 g/mol. The Morgan fingerprint density at radius 3 is 3.05 bits per heavy atom. The highest BCUT2D eigenvalue weighted by Crippen LogP contribution is 2.33. The van der Waals surface area contributed by atoms with Gasteiger partial charge in [-0.05, 0) is 31.4 Å². The summed E-state index contributed by atoms with van der Waals surface area (Å²) >= 11 is 5.95. The van der Waals surface area contributed by atoms with Gasteiger partial charge in [-0.1, -0.05) is 11.6 Å². The summed E-state index contributed by atoms with van der Waals surface area (Å²) in [6.07, 6.45) is 7.94. The summed E-state index contributed by atoms with van der Waals surface area (Å²) in [5, 5.41) is 8.36. The molecule has 0 saturated carbocycles. The van der Waals surface area contributed by atoms with Gasteiger partial charge in [0.15, 0.2) is 0 Å². The van der Waals surface area contributed by atoms with Crippen LogP contribution in [0.15, 0.2) is 24.7 Å². The van der Waals surface area contributed by atoms with Gasteiger partial charge in [0, 0.05) is 44.1 Å². The van der Waals surface area contributed by atoms with Crippen molar-refractivity contribution in [2.24, 2.45) is 13.0 Å². The molecular weight excluding hydrogens is 300 g/mol. The van der Waals surface area contributed by atoms with Gasteiger partial charge in [-0.15, -0.1) is 0 Å². The number of halogens is 1. The highest BCUT2D eigenvalue weighted by Gasteiger charge is 2.28. The van der Waals surface area contributed by atoms with Gasteiger partial charge in [-0.25, -0.2) is 4.98 Å². The second kappa shape index (κ2) is 6.67. The fourth-order valence-electron chi connectivity index (χ4n) is 2.96. The van der Waals surface area contributed by atoms with Crippen LogP contribution in [0.1, 0.15) is 30.1 Å². The lowest BCUT2D eigenvalue weighted by Crippen LogP contribution is -2.28. The lowest BCUT2D eigenvalue weighted by molar-refractivity contribution is -0.0239. The third kappa shape index (κ3) is 3.42. The molecule has 2 aromatic heterocycles. The first-order valence-corrected chi connectivity index (χ1v) is 7.97. The zero-order valence-electron chi connectivity index (χ0n) is 12.9. The van der Waals surface area contributed by atoms with Crippen molar-refractivity contribution in [3.8, 4) is 0 Å². The summed E-state index contributed by atoms with van der Waals surface area (Å²) in [7, 11) is 1.93. The smallest absolute Gasteiger partial charge is 0.128 e. The first-order chi connectivity index (χ1) is 10.6. The topological polar surface area (TPSA) is 52.0 Å². The number of aromatic nitrogens is 3. The van der Waals surface area contributed by atoms with Crippen LogP contribution >= 0.6 is 11.6 Å². The Kier molecular flexibility index (Phi) is 4.64. The molecule has 3 rings (SSSR count). The Balaban J connectivity index is 1.69. The molecule has 0 radical (unpaired) electrons. The highest BCUT2D eigenvalue weighted by atomic mass is 35.5. The summed E-state index contributed by atoms with van der Waals surface area (Å²) in [6.45, 7) is 3.65. The molecule has 6 heteroatoms. The van der Waals surface area contributed by atoms with Crippen molar-refractivity contribution in [2.75, 3.05) is 18.5 Å². The number of aryl methyl sites for hydroxylation is 2. The monoisotopic (exact) mass is 320 g/mol. The quantitative estimate of drug-likeness (QED) is 0.938. The molecule has 1 fully saturated rings. The summed E-state index contributed by atoms with van der Waals surface area (Å²) in [6, 6.07) is 1.92. The maximum Gasteiger partial charge on any atom is 0.128 e. The van der Waals surface area contributed by atoms with E-state index >= 15 is 0 Å². The van der Waals surface area contributed by atoms with Crippen LogP contribution in [0, 0.1) is 12.8 Å². The van der Waals surface area contributed by atoms with E-state index < -0.39 is 0 Å². The molecule has 1 aliphatic heterocycles. The second-order valence-electron chi connectivity index (χ2n) is 5.84. The van der Waals surface area contributed by atoms with Gasteiger partial charge >= 0.3 is 0 Å². The predicted molar refractivity (Wildman–Crippen MR) is 87.1 cm³/mol. The van der Waals surface area contributed by atoms with Gasteiger partial charge in [0.1, 0.15) is 5.82 Å². The number of hydrogen-bond acceptors (Lipinski definition) is 4. The van der Waals surface area contributed by atoms with Crippen molar-refractivity contribution in [3.63, 3.8) is 0 Å². The molecule has 1 aliphatic rings. The number of anilines is 1. The lowest BCUT2D eigenvalue weighted by Gasteiger charge is -2.31. The van der Waals surface area contributed by atoms with Gasteiger partial charge in [0.2, 0.25) is 0 Å². The minimum Gasteiger partial charge on any atom is -0.373 e. The van der Waals surface area contributed by atoms with E-state index in [1.807, 2.05) is 37.1 Å². The van der Waals surface area contributed by atoms with Crippen molar-refractivity contribution in [1.82, 2.24) is 14.8 Å². The van der Waals surface area contributed by atoms with Gasteiger partial charge in [-0.3, -0.25) is 4.68 Å². The fraction of sp³-hybridized carbons (Fsp3) is 0.500. The molecule has 5 nitrogen and oxygen atoms in total. The van der Waals surface area contributed by atoms with E-state index in [4.69, 9.17) is 16.3 Å². The number of pyridine rings is 1. The van der Waals surface area contributed by atoms with Crippen molar-refractivity contribution >= 4 is 17.4 Å². The summed E-state index contributed by atoms with van der Waals surface area (Å²) in [4.78, 5) is 4.36.